The molecule has 0 atom stereocenters. The molecule has 1 fully saturated rings. The van der Waals surface area contributed by atoms with Crippen LogP contribution in [0.5, 0.6) is 5.06 Å². The van der Waals surface area contributed by atoms with E-state index in [-0.39, 0.29) is 17.7 Å². The number of hydrogen-bond donors (Lipinski definition) is 2. The summed E-state index contributed by atoms with van der Waals surface area (Å²) in [5, 5.41) is 6.21. The molecule has 7 nitrogen and oxygen atoms in total. The third-order valence-electron chi connectivity index (χ3n) is 4.47. The number of piperidine rings is 1. The second-order valence-corrected chi connectivity index (χ2v) is 7.43. The van der Waals surface area contributed by atoms with E-state index in [1.807, 2.05) is 0 Å². The largest absolute Gasteiger partial charge is 0.487 e. The zero-order valence-electron chi connectivity index (χ0n) is 15.7. The summed E-state index contributed by atoms with van der Waals surface area (Å²) in [5.74, 6) is -0.288. The minimum absolute atomic E-state index is 0.127. The Bertz CT molecular complexity index is 847. The molecule has 2 N–H and O–H groups in total. The summed E-state index contributed by atoms with van der Waals surface area (Å²) < 4.78 is 5.06. The maximum Gasteiger partial charge on any atom is 0.261 e. The van der Waals surface area contributed by atoms with Gasteiger partial charge < -0.3 is 20.3 Å². The Kier molecular flexibility index (Phi) is 6.65. The van der Waals surface area contributed by atoms with Crippen molar-refractivity contribution in [3.63, 3.8) is 0 Å². The number of nitrogens with zero attached hydrogens (tertiary/aromatic N) is 1. The van der Waals surface area contributed by atoms with Gasteiger partial charge in [0.25, 0.3) is 11.8 Å². The number of rotatable bonds is 7. The van der Waals surface area contributed by atoms with E-state index in [9.17, 15) is 14.4 Å². The van der Waals surface area contributed by atoms with Gasteiger partial charge in [-0.15, -0.1) is 0 Å². The number of amides is 3. The van der Waals surface area contributed by atoms with Crippen molar-refractivity contribution < 1.29 is 19.1 Å². The standard InChI is InChI=1S/C20H23N3O4S/c1-27-18-10-9-16(28-18)20(26)22-12-11-21-19(25)14-5-7-15(8-6-14)23-13-3-2-4-17(23)24/h5-10H,2-4,11-13H2,1H3,(H,21,25)(H,22,26). The average molecular weight is 401 g/mol. The Morgan fingerprint density at radius 3 is 2.39 bits per heavy atom. The van der Waals surface area contributed by atoms with E-state index < -0.39 is 0 Å². The first-order chi connectivity index (χ1) is 13.6. The molecule has 28 heavy (non-hydrogen) atoms. The number of ether oxygens (including phenoxy) is 1. The lowest BCUT2D eigenvalue weighted by atomic mass is 10.1. The Morgan fingerprint density at radius 2 is 1.75 bits per heavy atom. The predicted octanol–water partition coefficient (Wildman–Crippen LogP) is 2.43. The summed E-state index contributed by atoms with van der Waals surface area (Å²) in [6, 6.07) is 10.5. The van der Waals surface area contributed by atoms with E-state index in [0.29, 0.717) is 35.0 Å². The summed E-state index contributed by atoms with van der Waals surface area (Å²) in [7, 11) is 1.56. The fourth-order valence-corrected chi connectivity index (χ4v) is 3.70. The van der Waals surface area contributed by atoms with Gasteiger partial charge in [-0.25, -0.2) is 0 Å². The van der Waals surface area contributed by atoms with E-state index in [2.05, 4.69) is 10.6 Å². The Morgan fingerprint density at radius 1 is 1.04 bits per heavy atom. The van der Waals surface area contributed by atoms with Crippen molar-refractivity contribution in [3.8, 4) is 5.06 Å². The van der Waals surface area contributed by atoms with Gasteiger partial charge in [-0.1, -0.05) is 11.3 Å². The average Bonchev–Trinajstić information content (AvgIpc) is 3.21. The number of anilines is 1. The molecule has 1 aromatic heterocycles. The SMILES string of the molecule is COc1ccc(C(=O)NCCNC(=O)c2ccc(N3CCCCC3=O)cc2)s1. The molecule has 0 saturated carbocycles. The molecule has 1 aliphatic rings. The summed E-state index contributed by atoms with van der Waals surface area (Å²) in [5.41, 5.74) is 1.34. The van der Waals surface area contributed by atoms with Crippen LogP contribution in [0.4, 0.5) is 5.69 Å². The quantitative estimate of drug-likeness (QED) is 0.698. The number of carbonyl (C=O) groups is 3. The lowest BCUT2D eigenvalue weighted by Gasteiger charge is -2.26. The van der Waals surface area contributed by atoms with Crippen molar-refractivity contribution in [1.82, 2.24) is 10.6 Å². The van der Waals surface area contributed by atoms with Gasteiger partial charge in [-0.3, -0.25) is 14.4 Å². The van der Waals surface area contributed by atoms with Crippen molar-refractivity contribution in [2.75, 3.05) is 31.6 Å². The van der Waals surface area contributed by atoms with E-state index in [0.717, 1.165) is 25.1 Å². The minimum Gasteiger partial charge on any atom is -0.487 e. The molecule has 2 aromatic rings. The molecule has 1 aromatic carbocycles. The van der Waals surface area contributed by atoms with Crippen LogP contribution in [0.25, 0.3) is 0 Å². The van der Waals surface area contributed by atoms with Gasteiger partial charge in [0.15, 0.2) is 5.06 Å². The zero-order valence-corrected chi connectivity index (χ0v) is 16.5. The Hall–Kier alpha value is -2.87. The van der Waals surface area contributed by atoms with Crippen molar-refractivity contribution in [3.05, 3.63) is 46.8 Å². The van der Waals surface area contributed by atoms with Gasteiger partial charge in [0.1, 0.15) is 0 Å². The first kappa shape index (κ1) is 19.9. The fraction of sp³-hybridized carbons (Fsp3) is 0.350. The molecule has 1 saturated heterocycles. The summed E-state index contributed by atoms with van der Waals surface area (Å²) in [6.07, 6.45) is 2.51. The minimum atomic E-state index is -0.219. The maximum atomic E-state index is 12.2. The van der Waals surface area contributed by atoms with Crippen LogP contribution in [0.1, 0.15) is 39.3 Å². The number of methoxy groups -OCH3 is 1. The molecule has 8 heteroatoms. The van der Waals surface area contributed by atoms with Crippen LogP contribution in [0.15, 0.2) is 36.4 Å². The van der Waals surface area contributed by atoms with E-state index in [1.165, 1.54) is 11.3 Å². The van der Waals surface area contributed by atoms with Crippen LogP contribution in [0, 0.1) is 0 Å². The van der Waals surface area contributed by atoms with Crippen molar-refractivity contribution in [2.24, 2.45) is 0 Å². The maximum absolute atomic E-state index is 12.2. The van der Waals surface area contributed by atoms with Gasteiger partial charge in [0.2, 0.25) is 5.91 Å². The lowest BCUT2D eigenvalue weighted by Crippen LogP contribution is -2.35. The zero-order chi connectivity index (χ0) is 19.9. The second kappa shape index (κ2) is 9.36. The van der Waals surface area contributed by atoms with Crippen LogP contribution >= 0.6 is 11.3 Å². The van der Waals surface area contributed by atoms with Gasteiger partial charge in [0, 0.05) is 37.3 Å². The Labute approximate surface area is 167 Å². The highest BCUT2D eigenvalue weighted by Crippen LogP contribution is 2.23. The topological polar surface area (TPSA) is 87.7 Å². The highest BCUT2D eigenvalue weighted by molar-refractivity contribution is 7.15. The predicted molar refractivity (Wildman–Crippen MR) is 108 cm³/mol. The van der Waals surface area contributed by atoms with Gasteiger partial charge >= 0.3 is 0 Å². The molecule has 148 valence electrons. The van der Waals surface area contributed by atoms with Gasteiger partial charge in [-0.2, -0.15) is 0 Å². The molecule has 0 radical (unpaired) electrons. The van der Waals surface area contributed by atoms with Crippen molar-refractivity contribution in [2.45, 2.75) is 19.3 Å². The monoisotopic (exact) mass is 401 g/mol. The molecule has 0 unspecified atom stereocenters. The van der Waals surface area contributed by atoms with E-state index >= 15 is 0 Å². The normalized spacial score (nSPS) is 13.9. The van der Waals surface area contributed by atoms with Crippen molar-refractivity contribution in [1.29, 1.82) is 0 Å². The molecule has 3 rings (SSSR count). The molecular weight excluding hydrogens is 378 g/mol. The lowest BCUT2D eigenvalue weighted by molar-refractivity contribution is -0.119. The fourth-order valence-electron chi connectivity index (χ4n) is 2.96. The third kappa shape index (κ3) is 4.89. The summed E-state index contributed by atoms with van der Waals surface area (Å²) in [6.45, 7) is 1.37. The Balaban J connectivity index is 1.44. The number of hydrogen-bond acceptors (Lipinski definition) is 5. The number of thiophene rings is 1. The number of nitrogens with one attached hydrogen (secondary N) is 2. The molecule has 1 aliphatic heterocycles. The molecular formula is C20H23N3O4S. The highest BCUT2D eigenvalue weighted by atomic mass is 32.1. The van der Waals surface area contributed by atoms with Crippen LogP contribution in [0.3, 0.4) is 0 Å². The van der Waals surface area contributed by atoms with Crippen LogP contribution < -0.4 is 20.3 Å². The summed E-state index contributed by atoms with van der Waals surface area (Å²) >= 11 is 1.27. The smallest absolute Gasteiger partial charge is 0.261 e. The van der Waals surface area contributed by atoms with E-state index in [4.69, 9.17) is 4.74 Å². The molecule has 0 spiro atoms. The van der Waals surface area contributed by atoms with Crippen molar-refractivity contribution >= 4 is 34.7 Å². The number of benzene rings is 1. The summed E-state index contributed by atoms with van der Waals surface area (Å²) in [4.78, 5) is 38.5. The van der Waals surface area contributed by atoms with E-state index in [1.54, 1.807) is 48.4 Å². The van der Waals surface area contributed by atoms with Crippen LogP contribution in [0.2, 0.25) is 0 Å². The first-order valence-corrected chi connectivity index (χ1v) is 10.0. The van der Waals surface area contributed by atoms with Gasteiger partial charge in [-0.05, 0) is 49.2 Å². The molecule has 0 bridgehead atoms. The number of carbonyl (C=O) groups excluding carboxylic acids is 3. The molecule has 2 heterocycles. The molecule has 3 amide bonds. The van der Waals surface area contributed by atoms with Crippen LogP contribution in [-0.2, 0) is 4.79 Å². The third-order valence-corrected chi connectivity index (χ3v) is 5.51. The highest BCUT2D eigenvalue weighted by Gasteiger charge is 2.19. The first-order valence-electron chi connectivity index (χ1n) is 9.19. The molecule has 0 aliphatic carbocycles. The van der Waals surface area contributed by atoms with Gasteiger partial charge in [0.05, 0.1) is 12.0 Å². The van der Waals surface area contributed by atoms with Crippen LogP contribution in [-0.4, -0.2) is 44.5 Å². The second-order valence-electron chi connectivity index (χ2n) is 6.38.